The number of carbonyl (C=O) groups excluding carboxylic acids is 6. The number of carbonyl (C=O) groups is 6. The molecule has 4 unspecified atom stereocenters. The van der Waals surface area contributed by atoms with E-state index in [0.717, 1.165) is 38.0 Å². The summed E-state index contributed by atoms with van der Waals surface area (Å²) >= 11 is 0. The van der Waals surface area contributed by atoms with Gasteiger partial charge in [0.05, 0.1) is 13.2 Å². The van der Waals surface area contributed by atoms with Crippen LogP contribution in [0, 0.1) is 22.2 Å². The van der Waals surface area contributed by atoms with Crippen LogP contribution in [0.2, 0.25) is 0 Å². The van der Waals surface area contributed by atoms with Gasteiger partial charge in [-0.3, -0.25) is 19.2 Å². The SMILES string of the molecule is CC.CC.CC(C)CC(NC(=O)C1CCCN1C(=O)C(NC(=O)NC(CN1CCC(C)(C)CC1)C(C)(C)C)C(C)(C)C)C(=O)C(N)=O.COC(=O)NCc1ccccc1. The van der Waals surface area contributed by atoms with Gasteiger partial charge in [0.1, 0.15) is 12.1 Å². The number of nitrogens with zero attached hydrogens (tertiary/aromatic N) is 2. The van der Waals surface area contributed by atoms with Crippen molar-refractivity contribution in [2.24, 2.45) is 27.9 Å². The van der Waals surface area contributed by atoms with Crippen molar-refractivity contribution in [3.63, 3.8) is 0 Å². The van der Waals surface area contributed by atoms with E-state index in [0.29, 0.717) is 31.3 Å². The van der Waals surface area contributed by atoms with E-state index in [9.17, 15) is 28.8 Å². The van der Waals surface area contributed by atoms with Gasteiger partial charge in [-0.2, -0.15) is 0 Å². The van der Waals surface area contributed by atoms with E-state index in [1.165, 1.54) is 12.0 Å². The highest BCUT2D eigenvalue weighted by Gasteiger charge is 2.43. The molecule has 14 nitrogen and oxygen atoms in total. The minimum Gasteiger partial charge on any atom is -0.453 e. The molecule has 4 atom stereocenters. The number of urea groups is 1. The normalized spacial score (nSPS) is 17.8. The zero-order chi connectivity index (χ0) is 45.7. The Morgan fingerprint density at radius 3 is 1.88 bits per heavy atom. The van der Waals surface area contributed by atoms with E-state index in [1.54, 1.807) is 0 Å². The molecule has 59 heavy (non-hydrogen) atoms. The van der Waals surface area contributed by atoms with E-state index in [4.69, 9.17) is 5.73 Å². The first-order valence-corrected chi connectivity index (χ1v) is 21.5. The summed E-state index contributed by atoms with van der Waals surface area (Å²) in [6, 6.07) is 6.34. The number of nitrogens with one attached hydrogen (secondary N) is 4. The lowest BCUT2D eigenvalue weighted by Crippen LogP contribution is -2.62. The van der Waals surface area contributed by atoms with Crippen molar-refractivity contribution in [3.8, 4) is 0 Å². The van der Waals surface area contributed by atoms with Crippen molar-refractivity contribution < 1.29 is 33.5 Å². The summed E-state index contributed by atoms with van der Waals surface area (Å²) in [6.45, 7) is 31.8. The van der Waals surface area contributed by atoms with Gasteiger partial charge >= 0.3 is 12.1 Å². The Bertz CT molecular complexity index is 1440. The zero-order valence-corrected chi connectivity index (χ0v) is 39.2. The van der Waals surface area contributed by atoms with Crippen molar-refractivity contribution in [3.05, 3.63) is 35.9 Å². The Balaban J connectivity index is 0.00000176. The van der Waals surface area contributed by atoms with Crippen LogP contribution in [0.4, 0.5) is 9.59 Å². The summed E-state index contributed by atoms with van der Waals surface area (Å²) in [5.74, 6) is -2.79. The molecule has 0 aromatic heterocycles. The van der Waals surface area contributed by atoms with Crippen molar-refractivity contribution >= 4 is 35.6 Å². The predicted molar refractivity (Wildman–Crippen MR) is 236 cm³/mol. The molecule has 0 aliphatic carbocycles. The molecule has 3 rings (SSSR count). The number of piperidine rings is 1. The van der Waals surface area contributed by atoms with Crippen molar-refractivity contribution in [1.82, 2.24) is 31.1 Å². The lowest BCUT2D eigenvalue weighted by atomic mass is 9.81. The molecule has 0 saturated carbocycles. The highest BCUT2D eigenvalue weighted by Crippen LogP contribution is 2.31. The van der Waals surface area contributed by atoms with Gasteiger partial charge in [0.2, 0.25) is 17.6 Å². The van der Waals surface area contributed by atoms with Crippen LogP contribution in [0.25, 0.3) is 0 Å². The monoisotopic (exact) mass is 832 g/mol. The van der Waals surface area contributed by atoms with Crippen LogP contribution in [0.15, 0.2) is 30.3 Å². The van der Waals surface area contributed by atoms with Crippen LogP contribution in [-0.4, -0.2) is 103 Å². The Kier molecular flexibility index (Phi) is 24.2. The molecule has 1 aromatic rings. The van der Waals surface area contributed by atoms with E-state index in [1.807, 2.05) is 92.6 Å². The number of likely N-dealkylation sites (tertiary alicyclic amines) is 2. The van der Waals surface area contributed by atoms with Gasteiger partial charge in [-0.1, -0.05) is 127 Å². The fraction of sp³-hybridized carbons (Fsp3) is 0.733. The summed E-state index contributed by atoms with van der Waals surface area (Å²) in [5.41, 5.74) is 5.76. The number of methoxy groups -OCH3 is 1. The first kappa shape index (κ1) is 54.8. The third-order valence-corrected chi connectivity index (χ3v) is 10.3. The first-order chi connectivity index (χ1) is 27.4. The number of rotatable bonds is 13. The summed E-state index contributed by atoms with van der Waals surface area (Å²) in [6.07, 6.45) is 3.08. The molecule has 0 bridgehead atoms. The fourth-order valence-corrected chi connectivity index (χ4v) is 6.57. The number of alkyl carbamates (subject to hydrolysis) is 1. The highest BCUT2D eigenvalue weighted by molar-refractivity contribution is 6.37. The quantitative estimate of drug-likeness (QED) is 0.141. The molecule has 0 radical (unpaired) electrons. The molecule has 6 N–H and O–H groups in total. The molecule has 2 heterocycles. The molecule has 6 amide bonds. The Labute approximate surface area is 356 Å². The number of ether oxygens (including phenoxy) is 1. The number of amides is 6. The van der Waals surface area contributed by atoms with Crippen molar-refractivity contribution in [1.29, 1.82) is 0 Å². The van der Waals surface area contributed by atoms with Crippen LogP contribution in [-0.2, 0) is 30.5 Å². The number of hydrogen-bond donors (Lipinski definition) is 5. The van der Waals surface area contributed by atoms with Gasteiger partial charge in [-0.05, 0) is 72.9 Å². The third-order valence-electron chi connectivity index (χ3n) is 10.3. The van der Waals surface area contributed by atoms with E-state index >= 15 is 0 Å². The fourth-order valence-electron chi connectivity index (χ4n) is 6.57. The van der Waals surface area contributed by atoms with Crippen molar-refractivity contribution in [2.75, 3.05) is 33.3 Å². The molecule has 2 aliphatic heterocycles. The van der Waals surface area contributed by atoms with Gasteiger partial charge in [0, 0.05) is 25.7 Å². The zero-order valence-electron chi connectivity index (χ0n) is 39.2. The largest absolute Gasteiger partial charge is 0.453 e. The standard InChI is InChI=1S/C32H58N6O5.C9H11NO2.2C2H6/c1-20(2)18-21(24(39)26(33)40)34-27(41)22-12-11-15-38(22)28(42)25(31(6,7)8)36-29(43)35-23(30(3,4)5)19-37-16-13-32(9,10)14-17-37;1-12-9(11)10-7-8-5-3-2-4-6-8;2*1-2/h20-23,25H,11-19H2,1-10H3,(H2,33,40)(H,34,41)(H2,35,36,43);2-6H,7H2,1H3,(H,10,11);2*1-2H3. The summed E-state index contributed by atoms with van der Waals surface area (Å²) in [5, 5.41) is 11.4. The summed E-state index contributed by atoms with van der Waals surface area (Å²) in [7, 11) is 1.35. The maximum Gasteiger partial charge on any atom is 0.407 e. The Morgan fingerprint density at radius 2 is 1.41 bits per heavy atom. The molecule has 1 aromatic carbocycles. The molecular formula is C45H81N7O7. The second kappa shape index (κ2) is 26.1. The maximum absolute atomic E-state index is 14.0. The third kappa shape index (κ3) is 20.1. The lowest BCUT2D eigenvalue weighted by Gasteiger charge is -2.41. The van der Waals surface area contributed by atoms with Gasteiger partial charge in [-0.25, -0.2) is 9.59 Å². The minimum absolute atomic E-state index is 0.0292. The number of primary amides is 1. The second-order valence-electron chi connectivity index (χ2n) is 18.2. The molecule has 2 fully saturated rings. The number of benzene rings is 1. The summed E-state index contributed by atoms with van der Waals surface area (Å²) < 4.78 is 4.42. The van der Waals surface area contributed by atoms with Crippen LogP contribution >= 0.6 is 0 Å². The molecule has 338 valence electrons. The maximum atomic E-state index is 14.0. The average molecular weight is 832 g/mol. The molecule has 2 saturated heterocycles. The first-order valence-electron chi connectivity index (χ1n) is 21.5. The van der Waals surface area contributed by atoms with Crippen LogP contribution in [0.5, 0.6) is 0 Å². The lowest BCUT2D eigenvalue weighted by molar-refractivity contribution is -0.143. The Morgan fingerprint density at radius 1 is 0.847 bits per heavy atom. The smallest absolute Gasteiger partial charge is 0.407 e. The predicted octanol–water partition coefficient (Wildman–Crippen LogP) is 6.41. The number of Topliss-reactive ketones (excluding diaryl/α,β-unsaturated/α-hetero) is 1. The van der Waals surface area contributed by atoms with Crippen LogP contribution < -0.4 is 27.0 Å². The molecule has 14 heteroatoms. The van der Waals surface area contributed by atoms with Crippen LogP contribution in [0.1, 0.15) is 135 Å². The minimum atomic E-state index is -1.11. The van der Waals surface area contributed by atoms with E-state index in [-0.39, 0.29) is 29.7 Å². The highest BCUT2D eigenvalue weighted by atomic mass is 16.5. The van der Waals surface area contributed by atoms with Gasteiger partial charge in [0.15, 0.2) is 0 Å². The average Bonchev–Trinajstić information content (AvgIpc) is 3.67. The van der Waals surface area contributed by atoms with E-state index in [2.05, 4.69) is 65.5 Å². The van der Waals surface area contributed by atoms with Gasteiger partial charge in [0.25, 0.3) is 5.91 Å². The van der Waals surface area contributed by atoms with Gasteiger partial charge < -0.3 is 41.5 Å². The Hall–Kier alpha value is -4.20. The topological polar surface area (TPSA) is 192 Å². The number of ketones is 1. The molecular weight excluding hydrogens is 751 g/mol. The van der Waals surface area contributed by atoms with Crippen LogP contribution in [0.3, 0.4) is 0 Å². The summed E-state index contributed by atoms with van der Waals surface area (Å²) in [4.78, 5) is 79.3. The second-order valence-corrected chi connectivity index (χ2v) is 18.2. The molecule has 2 aliphatic rings. The molecule has 0 spiro atoms. The number of hydrogen-bond acceptors (Lipinski definition) is 8. The van der Waals surface area contributed by atoms with Gasteiger partial charge in [-0.15, -0.1) is 0 Å². The number of nitrogens with two attached hydrogens (primary N) is 1. The van der Waals surface area contributed by atoms with E-state index < -0.39 is 53.3 Å². The van der Waals surface area contributed by atoms with Crippen molar-refractivity contribution in [2.45, 2.75) is 160 Å².